The molecule has 0 spiro atoms. The summed E-state index contributed by atoms with van der Waals surface area (Å²) < 4.78 is 3.56. The van der Waals surface area contributed by atoms with Crippen LogP contribution in [0.25, 0.3) is 16.2 Å². The van der Waals surface area contributed by atoms with Gasteiger partial charge in [0.25, 0.3) is 0 Å². The van der Waals surface area contributed by atoms with Gasteiger partial charge < -0.3 is 5.11 Å². The second kappa shape index (κ2) is 3.92. The third kappa shape index (κ3) is 1.74. The Morgan fingerprint density at radius 3 is 2.63 bits per heavy atom. The maximum absolute atomic E-state index is 11.1. The molecule has 3 rings (SSSR count). The first kappa shape index (κ1) is 11.9. The maximum atomic E-state index is 11.1. The quantitative estimate of drug-likeness (QED) is 0.778. The summed E-state index contributed by atoms with van der Waals surface area (Å²) in [5, 5.41) is 13.4. The summed E-state index contributed by atoms with van der Waals surface area (Å²) in [4.78, 5) is 16.6. The van der Waals surface area contributed by atoms with Crippen LogP contribution in [0.5, 0.6) is 0 Å². The van der Waals surface area contributed by atoms with Crippen molar-refractivity contribution >= 4 is 22.3 Å². The van der Waals surface area contributed by atoms with Crippen molar-refractivity contribution in [3.05, 3.63) is 28.7 Å². The molecule has 7 heteroatoms. The Bertz CT molecular complexity index is 796. The summed E-state index contributed by atoms with van der Waals surface area (Å²) in [5.41, 5.74) is 3.39. The van der Waals surface area contributed by atoms with Crippen molar-refractivity contribution in [1.29, 1.82) is 0 Å². The number of fused-ring (bicyclic) bond motifs is 1. The highest BCUT2D eigenvalue weighted by atomic mass is 32.1. The highest BCUT2D eigenvalue weighted by molar-refractivity contribution is 7.19. The van der Waals surface area contributed by atoms with Crippen molar-refractivity contribution in [3.63, 3.8) is 0 Å². The number of carboxylic acid groups (broad SMARTS) is 1. The summed E-state index contributed by atoms with van der Waals surface area (Å²) in [6, 6.07) is 0. The highest BCUT2D eigenvalue weighted by Gasteiger charge is 2.18. The average molecular weight is 276 g/mol. The van der Waals surface area contributed by atoms with E-state index < -0.39 is 5.97 Å². The van der Waals surface area contributed by atoms with Crippen LogP contribution >= 0.6 is 11.3 Å². The monoisotopic (exact) mass is 276 g/mol. The number of rotatable bonds is 2. The number of nitrogens with zero attached hydrogens (tertiary/aromatic N) is 4. The lowest BCUT2D eigenvalue weighted by Gasteiger charge is -1.93. The van der Waals surface area contributed by atoms with Crippen LogP contribution in [0.1, 0.15) is 21.1 Å². The zero-order chi connectivity index (χ0) is 13.7. The van der Waals surface area contributed by atoms with Gasteiger partial charge in [0.15, 0.2) is 4.96 Å². The van der Waals surface area contributed by atoms with Crippen molar-refractivity contribution in [2.45, 2.75) is 13.8 Å². The molecule has 0 fully saturated rings. The van der Waals surface area contributed by atoms with Gasteiger partial charge >= 0.3 is 5.97 Å². The van der Waals surface area contributed by atoms with Gasteiger partial charge in [-0.3, -0.25) is 9.08 Å². The summed E-state index contributed by atoms with van der Waals surface area (Å²) in [6.45, 7) is 3.72. The number of carbonyl (C=O) groups is 1. The second-order valence-corrected chi connectivity index (χ2v) is 5.38. The highest BCUT2D eigenvalue weighted by Crippen LogP contribution is 2.28. The van der Waals surface area contributed by atoms with Crippen LogP contribution in [0, 0.1) is 13.8 Å². The van der Waals surface area contributed by atoms with Gasteiger partial charge in [0.05, 0.1) is 11.4 Å². The first-order chi connectivity index (χ1) is 8.97. The standard InChI is InChI=1S/C12H12N4O2S/c1-6-8(4-15(3)14-6)9-5-16-7(2)10(11(17)18)19-12(16)13-9/h4-5H,1-3H3,(H,17,18). The topological polar surface area (TPSA) is 72.4 Å². The lowest BCUT2D eigenvalue weighted by atomic mass is 10.2. The first-order valence-corrected chi connectivity index (χ1v) is 6.51. The largest absolute Gasteiger partial charge is 0.477 e. The molecule has 3 heterocycles. The van der Waals surface area contributed by atoms with Crippen LogP contribution in [0.15, 0.2) is 12.4 Å². The summed E-state index contributed by atoms with van der Waals surface area (Å²) in [5.74, 6) is -0.910. The van der Waals surface area contributed by atoms with Gasteiger partial charge in [-0.15, -0.1) is 0 Å². The van der Waals surface area contributed by atoms with E-state index >= 15 is 0 Å². The van der Waals surface area contributed by atoms with E-state index in [2.05, 4.69) is 10.1 Å². The SMILES string of the molecule is Cc1nn(C)cc1-c1cn2c(C)c(C(=O)O)sc2n1. The van der Waals surface area contributed by atoms with E-state index in [0.29, 0.717) is 15.5 Å². The first-order valence-electron chi connectivity index (χ1n) is 5.69. The van der Waals surface area contributed by atoms with E-state index in [1.165, 1.54) is 11.3 Å². The molecule has 19 heavy (non-hydrogen) atoms. The van der Waals surface area contributed by atoms with Gasteiger partial charge in [-0.05, 0) is 13.8 Å². The minimum atomic E-state index is -0.910. The van der Waals surface area contributed by atoms with Crippen molar-refractivity contribution in [1.82, 2.24) is 19.2 Å². The minimum absolute atomic E-state index is 0.331. The maximum Gasteiger partial charge on any atom is 0.347 e. The van der Waals surface area contributed by atoms with Crippen LogP contribution in [-0.2, 0) is 7.05 Å². The number of hydrogen-bond acceptors (Lipinski definition) is 4. The molecule has 0 saturated carbocycles. The second-order valence-electron chi connectivity index (χ2n) is 4.40. The lowest BCUT2D eigenvalue weighted by Crippen LogP contribution is -1.96. The molecule has 0 unspecified atom stereocenters. The molecule has 0 aromatic carbocycles. The van der Waals surface area contributed by atoms with Gasteiger partial charge in [0.2, 0.25) is 0 Å². The van der Waals surface area contributed by atoms with E-state index in [1.54, 1.807) is 11.6 Å². The van der Waals surface area contributed by atoms with E-state index in [4.69, 9.17) is 5.11 Å². The smallest absolute Gasteiger partial charge is 0.347 e. The number of thiazole rings is 1. The molecule has 3 aromatic heterocycles. The van der Waals surface area contributed by atoms with Gasteiger partial charge in [0.1, 0.15) is 4.88 Å². The molecule has 0 aliphatic heterocycles. The Morgan fingerprint density at radius 1 is 1.37 bits per heavy atom. The van der Waals surface area contributed by atoms with E-state index in [9.17, 15) is 4.79 Å². The summed E-state index contributed by atoms with van der Waals surface area (Å²) in [6.07, 6.45) is 3.77. The van der Waals surface area contributed by atoms with E-state index in [1.807, 2.05) is 30.8 Å². The number of aromatic carboxylic acids is 1. The number of hydrogen-bond donors (Lipinski definition) is 1. The molecular weight excluding hydrogens is 264 g/mol. The third-order valence-electron chi connectivity index (χ3n) is 3.04. The van der Waals surface area contributed by atoms with E-state index in [-0.39, 0.29) is 0 Å². The normalized spacial score (nSPS) is 11.3. The molecule has 0 atom stereocenters. The van der Waals surface area contributed by atoms with Crippen LogP contribution < -0.4 is 0 Å². The molecule has 0 bridgehead atoms. The Morgan fingerprint density at radius 2 is 2.11 bits per heavy atom. The Kier molecular flexibility index (Phi) is 2.46. The molecule has 0 radical (unpaired) electrons. The zero-order valence-corrected chi connectivity index (χ0v) is 11.5. The lowest BCUT2D eigenvalue weighted by molar-refractivity contribution is 0.0701. The summed E-state index contributed by atoms with van der Waals surface area (Å²) >= 11 is 1.19. The number of imidazole rings is 1. The number of aromatic nitrogens is 4. The van der Waals surface area contributed by atoms with Crippen molar-refractivity contribution in [3.8, 4) is 11.3 Å². The zero-order valence-electron chi connectivity index (χ0n) is 10.7. The van der Waals surface area contributed by atoms with E-state index in [0.717, 1.165) is 17.0 Å². The fourth-order valence-electron chi connectivity index (χ4n) is 2.13. The average Bonchev–Trinajstić information content (AvgIpc) is 2.94. The molecule has 3 aromatic rings. The van der Waals surface area contributed by atoms with Gasteiger partial charge in [-0.25, -0.2) is 9.78 Å². The minimum Gasteiger partial charge on any atom is -0.477 e. The number of carboxylic acids is 1. The molecule has 0 aliphatic carbocycles. The summed E-state index contributed by atoms with van der Waals surface area (Å²) in [7, 11) is 1.86. The molecule has 0 amide bonds. The predicted octanol–water partition coefficient (Wildman–Crippen LogP) is 2.11. The Balaban J connectivity index is 2.18. The number of aryl methyl sites for hydroxylation is 3. The molecular formula is C12H12N4O2S. The van der Waals surface area contributed by atoms with Crippen molar-refractivity contribution in [2.24, 2.45) is 7.05 Å². The van der Waals surface area contributed by atoms with Gasteiger partial charge in [-0.1, -0.05) is 11.3 Å². The molecule has 98 valence electrons. The van der Waals surface area contributed by atoms with Crippen LogP contribution in [-0.4, -0.2) is 30.2 Å². The van der Waals surface area contributed by atoms with Crippen molar-refractivity contribution in [2.75, 3.05) is 0 Å². The fraction of sp³-hybridized carbons (Fsp3) is 0.250. The molecule has 0 aliphatic rings. The van der Waals surface area contributed by atoms with Gasteiger partial charge in [0, 0.05) is 30.7 Å². The molecule has 1 N–H and O–H groups in total. The van der Waals surface area contributed by atoms with Gasteiger partial charge in [-0.2, -0.15) is 5.10 Å². The molecule has 0 saturated heterocycles. The van der Waals surface area contributed by atoms with Crippen LogP contribution in [0.3, 0.4) is 0 Å². The molecule has 6 nitrogen and oxygen atoms in total. The predicted molar refractivity (Wildman–Crippen MR) is 71.7 cm³/mol. The Hall–Kier alpha value is -2.15. The fourth-order valence-corrected chi connectivity index (χ4v) is 3.08. The van der Waals surface area contributed by atoms with Crippen LogP contribution in [0.4, 0.5) is 0 Å². The van der Waals surface area contributed by atoms with Crippen molar-refractivity contribution < 1.29 is 9.90 Å². The Labute approximate surface area is 112 Å². The van der Waals surface area contributed by atoms with Crippen LogP contribution in [0.2, 0.25) is 0 Å². The third-order valence-corrected chi connectivity index (χ3v) is 4.19.